The number of rotatable bonds is 7. The molecule has 144 valence electrons. The molecule has 6 heteroatoms. The van der Waals surface area contributed by atoms with Crippen molar-refractivity contribution < 1.29 is 0 Å². The molecule has 0 aliphatic carbocycles. The molecule has 0 amide bonds. The Kier molecular flexibility index (Phi) is 9.12. The van der Waals surface area contributed by atoms with Crippen molar-refractivity contribution in [3.05, 3.63) is 53.3 Å². The van der Waals surface area contributed by atoms with Gasteiger partial charge in [0.2, 0.25) is 0 Å². The Labute approximate surface area is 174 Å². The van der Waals surface area contributed by atoms with Gasteiger partial charge in [0.1, 0.15) is 0 Å². The first-order valence-electron chi connectivity index (χ1n) is 9.04. The van der Waals surface area contributed by atoms with Crippen molar-refractivity contribution in [2.45, 2.75) is 46.1 Å². The van der Waals surface area contributed by atoms with Crippen molar-refractivity contribution in [1.82, 2.24) is 20.4 Å². The third kappa shape index (κ3) is 6.30. The number of halogens is 1. The molecule has 0 bridgehead atoms. The molecular weight excluding hydrogens is 437 g/mol. The van der Waals surface area contributed by atoms with Gasteiger partial charge in [-0.1, -0.05) is 45.0 Å². The molecule has 0 aliphatic rings. The summed E-state index contributed by atoms with van der Waals surface area (Å²) in [5, 5.41) is 11.0. The van der Waals surface area contributed by atoms with Crippen molar-refractivity contribution in [1.29, 1.82) is 0 Å². The third-order valence-electron chi connectivity index (χ3n) is 4.51. The summed E-state index contributed by atoms with van der Waals surface area (Å²) in [4.78, 5) is 4.67. The minimum atomic E-state index is 0. The van der Waals surface area contributed by atoms with Crippen LogP contribution < -0.4 is 10.6 Å². The topological polar surface area (TPSA) is 54.2 Å². The van der Waals surface area contributed by atoms with Crippen LogP contribution in [0.2, 0.25) is 0 Å². The summed E-state index contributed by atoms with van der Waals surface area (Å²) in [6, 6.07) is 10.9. The molecule has 0 radical (unpaired) electrons. The number of nitrogens with one attached hydrogen (secondary N) is 2. The molecule has 1 aromatic heterocycles. The van der Waals surface area contributed by atoms with Gasteiger partial charge in [-0.25, -0.2) is 4.99 Å². The van der Waals surface area contributed by atoms with E-state index in [1.54, 1.807) is 6.20 Å². The normalized spacial score (nSPS) is 11.8. The summed E-state index contributed by atoms with van der Waals surface area (Å²) >= 11 is 0. The minimum absolute atomic E-state index is 0. The van der Waals surface area contributed by atoms with Crippen molar-refractivity contribution >= 4 is 29.9 Å². The van der Waals surface area contributed by atoms with E-state index in [-0.39, 0.29) is 29.4 Å². The Hall–Kier alpha value is -1.57. The zero-order chi connectivity index (χ0) is 18.3. The van der Waals surface area contributed by atoms with Crippen LogP contribution in [0, 0.1) is 0 Å². The Morgan fingerprint density at radius 2 is 1.81 bits per heavy atom. The molecule has 2 N–H and O–H groups in total. The van der Waals surface area contributed by atoms with Gasteiger partial charge >= 0.3 is 0 Å². The first kappa shape index (κ1) is 22.5. The van der Waals surface area contributed by atoms with E-state index in [4.69, 9.17) is 0 Å². The second kappa shape index (κ2) is 10.5. The molecule has 0 unspecified atom stereocenters. The number of aliphatic imine (C=N–C) groups is 1. The SMILES string of the molecule is CCNC(=NCc1ccnn1C)NCC(C)(C)c1ccc(CC)cc1.I. The van der Waals surface area contributed by atoms with Gasteiger partial charge in [0.15, 0.2) is 5.96 Å². The fraction of sp³-hybridized carbons (Fsp3) is 0.500. The van der Waals surface area contributed by atoms with Crippen LogP contribution in [-0.4, -0.2) is 28.8 Å². The van der Waals surface area contributed by atoms with Crippen LogP contribution in [-0.2, 0) is 25.4 Å². The van der Waals surface area contributed by atoms with Crippen LogP contribution in [0.25, 0.3) is 0 Å². The van der Waals surface area contributed by atoms with Gasteiger partial charge in [0.25, 0.3) is 0 Å². The van der Waals surface area contributed by atoms with Crippen LogP contribution in [0.3, 0.4) is 0 Å². The van der Waals surface area contributed by atoms with E-state index in [2.05, 4.69) is 72.7 Å². The van der Waals surface area contributed by atoms with E-state index in [9.17, 15) is 0 Å². The lowest BCUT2D eigenvalue weighted by atomic mass is 9.84. The van der Waals surface area contributed by atoms with Crippen LogP contribution in [0.4, 0.5) is 0 Å². The molecule has 1 aromatic carbocycles. The number of guanidine groups is 1. The fourth-order valence-corrected chi connectivity index (χ4v) is 2.66. The van der Waals surface area contributed by atoms with Gasteiger partial charge in [-0.15, -0.1) is 24.0 Å². The molecule has 0 fully saturated rings. The number of aromatic nitrogens is 2. The Balaban J connectivity index is 0.00000338. The lowest BCUT2D eigenvalue weighted by molar-refractivity contribution is 0.508. The average molecular weight is 469 g/mol. The van der Waals surface area contributed by atoms with Crippen molar-refractivity contribution in [3.8, 4) is 0 Å². The van der Waals surface area contributed by atoms with E-state index >= 15 is 0 Å². The maximum atomic E-state index is 4.67. The number of hydrogen-bond donors (Lipinski definition) is 2. The third-order valence-corrected chi connectivity index (χ3v) is 4.51. The molecule has 0 spiro atoms. The Morgan fingerprint density at radius 3 is 2.35 bits per heavy atom. The molecule has 0 saturated carbocycles. The van der Waals surface area contributed by atoms with Gasteiger partial charge in [-0.05, 0) is 30.5 Å². The summed E-state index contributed by atoms with van der Waals surface area (Å²) in [7, 11) is 1.94. The Morgan fingerprint density at radius 1 is 1.12 bits per heavy atom. The molecule has 1 heterocycles. The first-order chi connectivity index (χ1) is 12.0. The monoisotopic (exact) mass is 469 g/mol. The molecule has 2 rings (SSSR count). The second-order valence-electron chi connectivity index (χ2n) is 6.93. The highest BCUT2D eigenvalue weighted by Gasteiger charge is 2.20. The van der Waals surface area contributed by atoms with Gasteiger partial charge in [-0.2, -0.15) is 5.10 Å². The van der Waals surface area contributed by atoms with E-state index in [0.717, 1.165) is 31.2 Å². The van der Waals surface area contributed by atoms with Gasteiger partial charge < -0.3 is 10.6 Å². The van der Waals surface area contributed by atoms with Crippen molar-refractivity contribution in [3.63, 3.8) is 0 Å². The maximum absolute atomic E-state index is 4.67. The van der Waals surface area contributed by atoms with Crippen molar-refractivity contribution in [2.75, 3.05) is 13.1 Å². The van der Waals surface area contributed by atoms with E-state index in [1.165, 1.54) is 11.1 Å². The largest absolute Gasteiger partial charge is 0.357 e. The van der Waals surface area contributed by atoms with Crippen LogP contribution >= 0.6 is 24.0 Å². The summed E-state index contributed by atoms with van der Waals surface area (Å²) in [6.45, 7) is 11.0. The van der Waals surface area contributed by atoms with Crippen molar-refractivity contribution in [2.24, 2.45) is 12.0 Å². The summed E-state index contributed by atoms with van der Waals surface area (Å²) in [5.41, 5.74) is 3.82. The summed E-state index contributed by atoms with van der Waals surface area (Å²) in [5.74, 6) is 0.835. The molecule has 26 heavy (non-hydrogen) atoms. The predicted octanol–water partition coefficient (Wildman–Crippen LogP) is 3.63. The quantitative estimate of drug-likeness (QED) is 0.370. The van der Waals surface area contributed by atoms with E-state index < -0.39 is 0 Å². The highest BCUT2D eigenvalue weighted by atomic mass is 127. The number of nitrogens with zero attached hydrogens (tertiary/aromatic N) is 3. The summed E-state index contributed by atoms with van der Waals surface area (Å²) in [6.07, 6.45) is 2.87. The molecular formula is C20H32IN5. The number of aryl methyl sites for hydroxylation is 2. The minimum Gasteiger partial charge on any atom is -0.357 e. The highest BCUT2D eigenvalue weighted by Crippen LogP contribution is 2.22. The van der Waals surface area contributed by atoms with E-state index in [1.807, 2.05) is 17.8 Å². The zero-order valence-electron chi connectivity index (χ0n) is 16.5. The molecule has 0 atom stereocenters. The molecule has 0 saturated heterocycles. The molecule has 2 aromatic rings. The Bertz CT molecular complexity index is 688. The standard InChI is InChI=1S/C20H31N5.HI/c1-6-16-8-10-17(11-9-16)20(3,4)15-23-19(21-7-2)22-14-18-12-13-24-25(18)5;/h8-13H,6-7,14-15H2,1-5H3,(H2,21,22,23);1H. The van der Waals surface area contributed by atoms with Gasteiger partial charge in [0, 0.05) is 31.7 Å². The smallest absolute Gasteiger partial charge is 0.191 e. The van der Waals surface area contributed by atoms with E-state index in [0.29, 0.717) is 6.54 Å². The van der Waals surface area contributed by atoms with Gasteiger partial charge in [-0.3, -0.25) is 4.68 Å². The number of benzene rings is 1. The van der Waals surface area contributed by atoms with Crippen LogP contribution in [0.1, 0.15) is 44.5 Å². The lowest BCUT2D eigenvalue weighted by Crippen LogP contribution is -2.43. The predicted molar refractivity (Wildman–Crippen MR) is 120 cm³/mol. The molecule has 0 aliphatic heterocycles. The van der Waals surface area contributed by atoms with Gasteiger partial charge in [0.05, 0.1) is 12.2 Å². The highest BCUT2D eigenvalue weighted by molar-refractivity contribution is 14.0. The second-order valence-corrected chi connectivity index (χ2v) is 6.93. The molecule has 5 nitrogen and oxygen atoms in total. The first-order valence-corrected chi connectivity index (χ1v) is 9.04. The number of hydrogen-bond acceptors (Lipinski definition) is 2. The van der Waals surface area contributed by atoms with Crippen LogP contribution in [0.5, 0.6) is 0 Å². The maximum Gasteiger partial charge on any atom is 0.191 e. The summed E-state index contributed by atoms with van der Waals surface area (Å²) < 4.78 is 1.85. The average Bonchev–Trinajstić information content (AvgIpc) is 3.02. The fourth-order valence-electron chi connectivity index (χ4n) is 2.66. The van der Waals surface area contributed by atoms with Crippen LogP contribution in [0.15, 0.2) is 41.5 Å². The lowest BCUT2D eigenvalue weighted by Gasteiger charge is -2.27. The zero-order valence-corrected chi connectivity index (χ0v) is 18.9.